The molecule has 0 amide bonds. The fraction of sp³-hybridized carbons (Fsp3) is 0.0625. The number of rotatable bonds is 2. The lowest BCUT2D eigenvalue weighted by Gasteiger charge is -2.08. The maximum absolute atomic E-state index is 6.01. The van der Waals surface area contributed by atoms with Crippen LogP contribution in [0.15, 0.2) is 42.9 Å². The molecule has 2 aromatic heterocycles. The van der Waals surface area contributed by atoms with E-state index >= 15 is 0 Å². The van der Waals surface area contributed by atoms with Crippen LogP contribution in [0, 0.1) is 6.92 Å². The maximum atomic E-state index is 6.01. The Balaban J connectivity index is 1.77. The summed E-state index contributed by atoms with van der Waals surface area (Å²) in [6.45, 7) is 2.04. The molecule has 0 spiro atoms. The molecule has 0 saturated heterocycles. The van der Waals surface area contributed by atoms with Gasteiger partial charge in [0, 0.05) is 17.3 Å². The number of fused-ring (bicyclic) bond motifs is 2. The third kappa shape index (κ3) is 2.01. The molecule has 108 valence electrons. The van der Waals surface area contributed by atoms with Crippen molar-refractivity contribution in [2.45, 2.75) is 6.92 Å². The summed E-state index contributed by atoms with van der Waals surface area (Å²) in [5.41, 5.74) is 11.1. The van der Waals surface area contributed by atoms with Gasteiger partial charge in [0.05, 0.1) is 23.0 Å². The van der Waals surface area contributed by atoms with E-state index in [-0.39, 0.29) is 0 Å². The largest absolute Gasteiger partial charge is 0.397 e. The molecule has 0 aliphatic heterocycles. The number of aryl methyl sites for hydroxylation is 1. The van der Waals surface area contributed by atoms with Gasteiger partial charge in [0.15, 0.2) is 0 Å². The van der Waals surface area contributed by atoms with Crippen LogP contribution in [0.1, 0.15) is 5.56 Å². The molecule has 2 heterocycles. The van der Waals surface area contributed by atoms with Crippen molar-refractivity contribution in [2.24, 2.45) is 0 Å². The lowest BCUT2D eigenvalue weighted by atomic mass is 10.1. The highest BCUT2D eigenvalue weighted by Gasteiger charge is 2.06. The van der Waals surface area contributed by atoms with Gasteiger partial charge in [-0.05, 0) is 24.6 Å². The Labute approximate surface area is 126 Å². The second-order valence-electron chi connectivity index (χ2n) is 5.20. The van der Waals surface area contributed by atoms with E-state index in [0.717, 1.165) is 33.2 Å². The minimum Gasteiger partial charge on any atom is -0.397 e. The number of hydrogen-bond donors (Lipinski definition) is 3. The highest BCUT2D eigenvalue weighted by Crippen LogP contribution is 2.25. The molecule has 6 heteroatoms. The standard InChI is InChI=1S/C16H14N6/c1-9-3-2-4-10-7-18-16(22-14(9)10)21-11-5-12(17)15-13(6-11)19-8-20-15/h2-8H,17H2,1H3,(H,19,20)(H,18,21,22). The molecular weight excluding hydrogens is 276 g/mol. The Bertz CT molecular complexity index is 988. The van der Waals surface area contributed by atoms with Gasteiger partial charge in [-0.3, -0.25) is 0 Å². The topological polar surface area (TPSA) is 92.5 Å². The summed E-state index contributed by atoms with van der Waals surface area (Å²) in [5, 5.41) is 4.22. The molecule has 0 fully saturated rings. The molecule has 0 aliphatic rings. The first-order valence-electron chi connectivity index (χ1n) is 6.93. The number of nitrogens with one attached hydrogen (secondary N) is 2. The van der Waals surface area contributed by atoms with E-state index in [2.05, 4.69) is 25.3 Å². The van der Waals surface area contributed by atoms with E-state index in [0.29, 0.717) is 11.6 Å². The fourth-order valence-corrected chi connectivity index (χ4v) is 2.54. The van der Waals surface area contributed by atoms with Gasteiger partial charge in [-0.15, -0.1) is 0 Å². The van der Waals surface area contributed by atoms with Crippen LogP contribution in [0.3, 0.4) is 0 Å². The van der Waals surface area contributed by atoms with Crippen molar-refractivity contribution in [2.75, 3.05) is 11.1 Å². The number of aromatic amines is 1. The molecule has 22 heavy (non-hydrogen) atoms. The summed E-state index contributed by atoms with van der Waals surface area (Å²) in [5.74, 6) is 0.542. The molecule has 6 nitrogen and oxygen atoms in total. The van der Waals surface area contributed by atoms with Crippen LogP contribution in [0.2, 0.25) is 0 Å². The Morgan fingerprint density at radius 2 is 2.05 bits per heavy atom. The van der Waals surface area contributed by atoms with E-state index in [4.69, 9.17) is 5.73 Å². The highest BCUT2D eigenvalue weighted by atomic mass is 15.1. The maximum Gasteiger partial charge on any atom is 0.227 e. The van der Waals surface area contributed by atoms with Crippen LogP contribution in [0.5, 0.6) is 0 Å². The van der Waals surface area contributed by atoms with Crippen LogP contribution >= 0.6 is 0 Å². The molecule has 4 aromatic rings. The molecule has 4 N–H and O–H groups in total. The van der Waals surface area contributed by atoms with E-state index in [1.165, 1.54) is 0 Å². The molecule has 0 atom stereocenters. The number of aromatic nitrogens is 4. The SMILES string of the molecule is Cc1cccc2cnc(Nc3cc(N)c4nc[nH]c4c3)nc12. The number of nitrogens with zero attached hydrogens (tertiary/aromatic N) is 3. The normalized spacial score (nSPS) is 11.1. The molecular formula is C16H14N6. The van der Waals surface area contributed by atoms with Crippen molar-refractivity contribution in [3.63, 3.8) is 0 Å². The molecule has 0 aliphatic carbocycles. The first-order valence-corrected chi connectivity index (χ1v) is 6.93. The zero-order chi connectivity index (χ0) is 15.1. The predicted molar refractivity (Wildman–Crippen MR) is 88.1 cm³/mol. The predicted octanol–water partition coefficient (Wildman–Crippen LogP) is 3.14. The number of benzene rings is 2. The quantitative estimate of drug-likeness (QED) is 0.493. The van der Waals surface area contributed by atoms with Crippen LogP contribution in [-0.4, -0.2) is 19.9 Å². The molecule has 0 saturated carbocycles. The van der Waals surface area contributed by atoms with Gasteiger partial charge >= 0.3 is 0 Å². The third-order valence-electron chi connectivity index (χ3n) is 3.62. The Morgan fingerprint density at radius 1 is 1.14 bits per heavy atom. The average Bonchev–Trinajstić information content (AvgIpc) is 2.97. The Morgan fingerprint density at radius 3 is 2.95 bits per heavy atom. The van der Waals surface area contributed by atoms with Gasteiger partial charge in [0.1, 0.15) is 5.52 Å². The van der Waals surface area contributed by atoms with Crippen LogP contribution < -0.4 is 11.1 Å². The zero-order valence-corrected chi connectivity index (χ0v) is 12.0. The number of anilines is 3. The van der Waals surface area contributed by atoms with Crippen LogP contribution in [-0.2, 0) is 0 Å². The monoisotopic (exact) mass is 290 g/mol. The second-order valence-corrected chi connectivity index (χ2v) is 5.20. The molecule has 0 bridgehead atoms. The molecule has 2 aromatic carbocycles. The number of H-pyrrole nitrogens is 1. The Kier molecular flexibility index (Phi) is 2.69. The molecule has 4 rings (SSSR count). The number of para-hydroxylation sites is 1. The summed E-state index contributed by atoms with van der Waals surface area (Å²) >= 11 is 0. The van der Waals surface area contributed by atoms with Crippen LogP contribution in [0.4, 0.5) is 17.3 Å². The van der Waals surface area contributed by atoms with Gasteiger partial charge in [0.2, 0.25) is 5.95 Å². The first kappa shape index (κ1) is 12.6. The highest BCUT2D eigenvalue weighted by molar-refractivity contribution is 5.91. The van der Waals surface area contributed by atoms with E-state index in [1.807, 2.05) is 43.5 Å². The van der Waals surface area contributed by atoms with Crippen molar-refractivity contribution in [3.8, 4) is 0 Å². The van der Waals surface area contributed by atoms with Gasteiger partial charge in [-0.1, -0.05) is 18.2 Å². The van der Waals surface area contributed by atoms with Crippen LogP contribution in [0.25, 0.3) is 21.9 Å². The molecule has 0 unspecified atom stereocenters. The summed E-state index contributed by atoms with van der Waals surface area (Å²) in [7, 11) is 0. The van der Waals surface area contributed by atoms with Gasteiger partial charge in [-0.25, -0.2) is 15.0 Å². The lowest BCUT2D eigenvalue weighted by Crippen LogP contribution is -1.99. The van der Waals surface area contributed by atoms with Gasteiger partial charge in [-0.2, -0.15) is 0 Å². The summed E-state index contributed by atoms with van der Waals surface area (Å²) in [6.07, 6.45) is 3.44. The number of imidazole rings is 1. The number of hydrogen-bond acceptors (Lipinski definition) is 5. The van der Waals surface area contributed by atoms with Crippen molar-refractivity contribution in [3.05, 3.63) is 48.4 Å². The summed E-state index contributed by atoms with van der Waals surface area (Å²) < 4.78 is 0. The fourth-order valence-electron chi connectivity index (χ4n) is 2.54. The van der Waals surface area contributed by atoms with Crippen molar-refractivity contribution in [1.29, 1.82) is 0 Å². The van der Waals surface area contributed by atoms with E-state index < -0.39 is 0 Å². The number of nitrogens with two attached hydrogens (primary N) is 1. The smallest absolute Gasteiger partial charge is 0.227 e. The minimum atomic E-state index is 0.542. The lowest BCUT2D eigenvalue weighted by molar-refractivity contribution is 1.20. The summed E-state index contributed by atoms with van der Waals surface area (Å²) in [6, 6.07) is 9.80. The van der Waals surface area contributed by atoms with Crippen molar-refractivity contribution < 1.29 is 0 Å². The molecule has 0 radical (unpaired) electrons. The minimum absolute atomic E-state index is 0.542. The van der Waals surface area contributed by atoms with Crippen molar-refractivity contribution in [1.82, 2.24) is 19.9 Å². The average molecular weight is 290 g/mol. The summed E-state index contributed by atoms with van der Waals surface area (Å²) in [4.78, 5) is 16.2. The van der Waals surface area contributed by atoms with E-state index in [9.17, 15) is 0 Å². The van der Waals surface area contributed by atoms with E-state index in [1.54, 1.807) is 6.33 Å². The first-order chi connectivity index (χ1) is 10.7. The van der Waals surface area contributed by atoms with Gasteiger partial charge < -0.3 is 16.0 Å². The number of nitrogen functional groups attached to an aromatic ring is 1. The Hall–Kier alpha value is -3.15. The van der Waals surface area contributed by atoms with Gasteiger partial charge in [0.25, 0.3) is 0 Å². The second kappa shape index (κ2) is 4.70. The third-order valence-corrected chi connectivity index (χ3v) is 3.62. The zero-order valence-electron chi connectivity index (χ0n) is 12.0. The van der Waals surface area contributed by atoms with Crippen molar-refractivity contribution >= 4 is 39.3 Å².